The van der Waals surface area contributed by atoms with E-state index in [0.717, 1.165) is 19.3 Å². The van der Waals surface area contributed by atoms with Crippen LogP contribution in [0.3, 0.4) is 0 Å². The maximum absolute atomic E-state index is 12.7. The van der Waals surface area contributed by atoms with Crippen molar-refractivity contribution in [3.8, 4) is 6.07 Å². The Kier molecular flexibility index (Phi) is 5.16. The third kappa shape index (κ3) is 3.46. The highest BCUT2D eigenvalue weighted by molar-refractivity contribution is 7.89. The molecule has 118 valence electrons. The van der Waals surface area contributed by atoms with Crippen molar-refractivity contribution >= 4 is 16.0 Å². The fourth-order valence-corrected chi connectivity index (χ4v) is 4.27. The van der Waals surface area contributed by atoms with Gasteiger partial charge in [-0.25, -0.2) is 13.2 Å². The SMILES string of the molecule is C[C@@H]1CCCCN1S(=O)(=O)c1cccc(C(=O)OCC#N)c1. The van der Waals surface area contributed by atoms with E-state index in [1.54, 1.807) is 6.07 Å². The number of sulfonamides is 1. The van der Waals surface area contributed by atoms with Crippen LogP contribution in [0.4, 0.5) is 0 Å². The molecule has 6 nitrogen and oxygen atoms in total. The van der Waals surface area contributed by atoms with Crippen molar-refractivity contribution in [1.29, 1.82) is 5.26 Å². The molecule has 1 saturated heterocycles. The van der Waals surface area contributed by atoms with E-state index < -0.39 is 16.0 Å². The van der Waals surface area contributed by atoms with Crippen molar-refractivity contribution in [3.63, 3.8) is 0 Å². The highest BCUT2D eigenvalue weighted by Gasteiger charge is 2.31. The topological polar surface area (TPSA) is 87.5 Å². The van der Waals surface area contributed by atoms with Gasteiger partial charge in [-0.2, -0.15) is 9.57 Å². The van der Waals surface area contributed by atoms with E-state index in [4.69, 9.17) is 10.00 Å². The third-order valence-corrected chi connectivity index (χ3v) is 5.70. The summed E-state index contributed by atoms with van der Waals surface area (Å²) in [6.07, 6.45) is 2.70. The molecular weight excluding hydrogens is 304 g/mol. The van der Waals surface area contributed by atoms with Crippen LogP contribution >= 0.6 is 0 Å². The van der Waals surface area contributed by atoms with Crippen molar-refractivity contribution in [2.75, 3.05) is 13.2 Å². The Hall–Kier alpha value is -1.91. The van der Waals surface area contributed by atoms with Gasteiger partial charge in [0.15, 0.2) is 6.61 Å². The molecule has 0 saturated carbocycles. The normalized spacial score (nSPS) is 19.4. The Bertz CT molecular complexity index is 694. The Labute approximate surface area is 130 Å². The first-order valence-corrected chi connectivity index (χ1v) is 8.57. The number of nitriles is 1. The number of benzene rings is 1. The van der Waals surface area contributed by atoms with Crippen LogP contribution in [0.2, 0.25) is 0 Å². The highest BCUT2D eigenvalue weighted by Crippen LogP contribution is 2.25. The average molecular weight is 322 g/mol. The second-order valence-corrected chi connectivity index (χ2v) is 7.11. The van der Waals surface area contributed by atoms with Gasteiger partial charge in [0.05, 0.1) is 10.5 Å². The van der Waals surface area contributed by atoms with Gasteiger partial charge in [-0.15, -0.1) is 0 Å². The summed E-state index contributed by atoms with van der Waals surface area (Å²) in [5, 5.41) is 8.42. The Balaban J connectivity index is 2.28. The Morgan fingerprint density at radius 2 is 2.23 bits per heavy atom. The van der Waals surface area contributed by atoms with E-state index in [1.807, 2.05) is 6.92 Å². The molecule has 22 heavy (non-hydrogen) atoms. The van der Waals surface area contributed by atoms with E-state index in [0.29, 0.717) is 6.54 Å². The van der Waals surface area contributed by atoms with Gasteiger partial charge in [0, 0.05) is 12.6 Å². The van der Waals surface area contributed by atoms with Crippen molar-refractivity contribution in [2.24, 2.45) is 0 Å². The summed E-state index contributed by atoms with van der Waals surface area (Å²) in [4.78, 5) is 11.8. The first-order chi connectivity index (χ1) is 10.5. The van der Waals surface area contributed by atoms with Crippen LogP contribution in [-0.2, 0) is 14.8 Å². The number of carbonyl (C=O) groups is 1. The molecule has 1 fully saturated rings. The number of rotatable bonds is 4. The van der Waals surface area contributed by atoms with Gasteiger partial charge >= 0.3 is 5.97 Å². The fraction of sp³-hybridized carbons (Fsp3) is 0.467. The van der Waals surface area contributed by atoms with Crippen LogP contribution in [0.5, 0.6) is 0 Å². The molecule has 1 aromatic rings. The lowest BCUT2D eigenvalue weighted by Gasteiger charge is -2.32. The van der Waals surface area contributed by atoms with Gasteiger partial charge in [-0.3, -0.25) is 0 Å². The molecule has 0 bridgehead atoms. The van der Waals surface area contributed by atoms with Crippen LogP contribution in [0, 0.1) is 11.3 Å². The number of nitrogens with zero attached hydrogens (tertiary/aromatic N) is 2. The van der Waals surface area contributed by atoms with Gasteiger partial charge in [0.2, 0.25) is 10.0 Å². The maximum Gasteiger partial charge on any atom is 0.339 e. The van der Waals surface area contributed by atoms with E-state index in [1.165, 1.54) is 28.6 Å². The average Bonchev–Trinajstić information content (AvgIpc) is 2.53. The number of piperidine rings is 1. The van der Waals surface area contributed by atoms with E-state index in [-0.39, 0.29) is 23.1 Å². The number of hydrogen-bond acceptors (Lipinski definition) is 5. The van der Waals surface area contributed by atoms with Crippen molar-refractivity contribution in [2.45, 2.75) is 37.1 Å². The number of hydrogen-bond donors (Lipinski definition) is 0. The summed E-state index contributed by atoms with van der Waals surface area (Å²) in [6.45, 7) is 2.02. The predicted octanol–water partition coefficient (Wildman–Crippen LogP) is 1.93. The summed E-state index contributed by atoms with van der Waals surface area (Å²) < 4.78 is 31.6. The lowest BCUT2D eigenvalue weighted by atomic mass is 10.1. The monoisotopic (exact) mass is 322 g/mol. The molecule has 0 aliphatic carbocycles. The quantitative estimate of drug-likeness (QED) is 0.790. The van der Waals surface area contributed by atoms with Gasteiger partial charge in [-0.1, -0.05) is 12.5 Å². The maximum atomic E-state index is 12.7. The predicted molar refractivity (Wildman–Crippen MR) is 79.5 cm³/mol. The van der Waals surface area contributed by atoms with Crippen LogP contribution in [0.1, 0.15) is 36.5 Å². The zero-order chi connectivity index (χ0) is 16.2. The van der Waals surface area contributed by atoms with Gasteiger partial charge in [0.1, 0.15) is 6.07 Å². The fourth-order valence-electron chi connectivity index (χ4n) is 2.53. The van der Waals surface area contributed by atoms with E-state index >= 15 is 0 Å². The number of esters is 1. The molecule has 1 atom stereocenters. The number of ether oxygens (including phenoxy) is 1. The van der Waals surface area contributed by atoms with Crippen LogP contribution in [-0.4, -0.2) is 37.9 Å². The summed E-state index contributed by atoms with van der Waals surface area (Å²) in [5.41, 5.74) is 0.126. The third-order valence-electron chi connectivity index (χ3n) is 3.69. The molecule has 1 heterocycles. The molecule has 0 unspecified atom stereocenters. The molecule has 1 aliphatic rings. The summed E-state index contributed by atoms with van der Waals surface area (Å²) in [7, 11) is -3.63. The lowest BCUT2D eigenvalue weighted by molar-refractivity contribution is 0.0554. The Morgan fingerprint density at radius 3 is 2.91 bits per heavy atom. The molecule has 2 rings (SSSR count). The number of carbonyl (C=O) groups excluding carboxylic acids is 1. The van der Waals surface area contributed by atoms with Gasteiger partial charge < -0.3 is 4.74 Å². The molecule has 7 heteroatoms. The molecule has 0 radical (unpaired) electrons. The zero-order valence-electron chi connectivity index (χ0n) is 12.4. The van der Waals surface area contributed by atoms with Crippen LogP contribution in [0.15, 0.2) is 29.2 Å². The standard InChI is InChI=1S/C15H18N2O4S/c1-12-5-2-3-9-17(12)22(19,20)14-7-4-6-13(11-14)15(18)21-10-8-16/h4,6-7,11-12H,2-3,5,9-10H2,1H3/t12-/m1/s1. The minimum atomic E-state index is -3.63. The van der Waals surface area contributed by atoms with Crippen LogP contribution in [0.25, 0.3) is 0 Å². The van der Waals surface area contributed by atoms with Crippen molar-refractivity contribution in [1.82, 2.24) is 4.31 Å². The van der Waals surface area contributed by atoms with E-state index in [2.05, 4.69) is 0 Å². The summed E-state index contributed by atoms with van der Waals surface area (Å²) in [6, 6.07) is 7.40. The highest BCUT2D eigenvalue weighted by atomic mass is 32.2. The molecular formula is C15H18N2O4S. The summed E-state index contributed by atoms with van der Waals surface area (Å²) in [5.74, 6) is -0.703. The molecule has 1 aromatic carbocycles. The molecule has 0 aromatic heterocycles. The smallest absolute Gasteiger partial charge is 0.339 e. The van der Waals surface area contributed by atoms with Gasteiger partial charge in [-0.05, 0) is 38.0 Å². The Morgan fingerprint density at radius 1 is 1.45 bits per heavy atom. The lowest BCUT2D eigenvalue weighted by Crippen LogP contribution is -2.41. The molecule has 0 spiro atoms. The molecule has 1 aliphatic heterocycles. The largest absolute Gasteiger partial charge is 0.447 e. The first kappa shape index (κ1) is 16.5. The van der Waals surface area contributed by atoms with Crippen LogP contribution < -0.4 is 0 Å². The molecule has 0 amide bonds. The minimum Gasteiger partial charge on any atom is -0.447 e. The second kappa shape index (κ2) is 6.90. The van der Waals surface area contributed by atoms with Crippen molar-refractivity contribution in [3.05, 3.63) is 29.8 Å². The minimum absolute atomic E-state index is 0.0482. The first-order valence-electron chi connectivity index (χ1n) is 7.13. The van der Waals surface area contributed by atoms with E-state index in [9.17, 15) is 13.2 Å². The second-order valence-electron chi connectivity index (χ2n) is 5.22. The zero-order valence-corrected chi connectivity index (χ0v) is 13.2. The summed E-state index contributed by atoms with van der Waals surface area (Å²) >= 11 is 0. The van der Waals surface area contributed by atoms with Crippen molar-refractivity contribution < 1.29 is 17.9 Å². The van der Waals surface area contributed by atoms with Gasteiger partial charge in [0.25, 0.3) is 0 Å². The molecule has 0 N–H and O–H groups in total.